The molecule has 0 aliphatic carbocycles. The highest BCUT2D eigenvalue weighted by molar-refractivity contribution is 9.10. The summed E-state index contributed by atoms with van der Waals surface area (Å²) in [6, 6.07) is 7.49. The minimum Gasteiger partial charge on any atom is -0.289 e. The molecule has 0 N–H and O–H groups in total. The Labute approximate surface area is 124 Å². The Kier molecular flexibility index (Phi) is 4.07. The van der Waals surface area contributed by atoms with E-state index in [2.05, 4.69) is 15.9 Å². The van der Waals surface area contributed by atoms with Crippen molar-refractivity contribution in [3.63, 3.8) is 0 Å². The lowest BCUT2D eigenvalue weighted by Gasteiger charge is -2.09. The quantitative estimate of drug-likeness (QED) is 0.695. The van der Waals surface area contributed by atoms with Crippen molar-refractivity contribution in [2.24, 2.45) is 0 Å². The lowest BCUT2D eigenvalue weighted by atomic mass is 9.99. The zero-order chi connectivity index (χ0) is 14.2. The van der Waals surface area contributed by atoms with Crippen LogP contribution in [0.2, 0.25) is 5.02 Å². The van der Waals surface area contributed by atoms with Crippen molar-refractivity contribution < 1.29 is 9.18 Å². The molecule has 19 heavy (non-hydrogen) atoms. The van der Waals surface area contributed by atoms with Gasteiger partial charge in [0.2, 0.25) is 0 Å². The van der Waals surface area contributed by atoms with Crippen molar-refractivity contribution in [1.29, 1.82) is 0 Å². The Balaban J connectivity index is 2.56. The van der Waals surface area contributed by atoms with Gasteiger partial charge in [-0.2, -0.15) is 0 Å². The largest absolute Gasteiger partial charge is 0.289 e. The van der Waals surface area contributed by atoms with Crippen LogP contribution in [-0.2, 0) is 0 Å². The summed E-state index contributed by atoms with van der Waals surface area (Å²) >= 11 is 9.36. The smallest absolute Gasteiger partial charge is 0.195 e. The van der Waals surface area contributed by atoms with E-state index in [1.807, 2.05) is 13.8 Å². The molecule has 98 valence electrons. The highest BCUT2D eigenvalue weighted by atomic mass is 79.9. The molecular formula is C15H11BrClFO. The van der Waals surface area contributed by atoms with E-state index in [9.17, 15) is 9.18 Å². The van der Waals surface area contributed by atoms with Crippen LogP contribution in [-0.4, -0.2) is 5.78 Å². The fraction of sp³-hybridized carbons (Fsp3) is 0.133. The maximum atomic E-state index is 13.3. The van der Waals surface area contributed by atoms with Crippen LogP contribution in [0.4, 0.5) is 4.39 Å². The Hall–Kier alpha value is -1.19. The lowest BCUT2D eigenvalue weighted by Crippen LogP contribution is -2.05. The van der Waals surface area contributed by atoms with E-state index in [-0.39, 0.29) is 11.3 Å². The van der Waals surface area contributed by atoms with Gasteiger partial charge in [-0.3, -0.25) is 4.79 Å². The second kappa shape index (κ2) is 5.43. The molecule has 0 aromatic heterocycles. The molecule has 0 atom stereocenters. The lowest BCUT2D eigenvalue weighted by molar-refractivity contribution is 0.103. The van der Waals surface area contributed by atoms with Gasteiger partial charge in [0, 0.05) is 15.6 Å². The standard InChI is InChI=1S/C15H11BrClFO/c1-8-5-12(14(17)6-9(8)2)15(19)11-7-10(18)3-4-13(11)16/h3-7H,1-2H3. The van der Waals surface area contributed by atoms with Gasteiger partial charge < -0.3 is 0 Å². The number of hydrogen-bond donors (Lipinski definition) is 0. The minimum absolute atomic E-state index is 0.269. The highest BCUT2D eigenvalue weighted by Crippen LogP contribution is 2.27. The van der Waals surface area contributed by atoms with Crippen molar-refractivity contribution in [3.8, 4) is 0 Å². The van der Waals surface area contributed by atoms with Gasteiger partial charge >= 0.3 is 0 Å². The van der Waals surface area contributed by atoms with Crippen molar-refractivity contribution in [1.82, 2.24) is 0 Å². The summed E-state index contributed by atoms with van der Waals surface area (Å²) < 4.78 is 13.8. The molecule has 0 spiro atoms. The fourth-order valence-corrected chi connectivity index (χ4v) is 2.50. The minimum atomic E-state index is -0.452. The number of ketones is 1. The Morgan fingerprint density at radius 3 is 2.42 bits per heavy atom. The van der Waals surface area contributed by atoms with E-state index in [0.29, 0.717) is 15.1 Å². The number of rotatable bonds is 2. The number of aryl methyl sites for hydroxylation is 2. The Bertz CT molecular complexity index is 667. The molecule has 2 rings (SSSR count). The van der Waals surface area contributed by atoms with Gasteiger partial charge in [0.05, 0.1) is 5.02 Å². The zero-order valence-electron chi connectivity index (χ0n) is 10.4. The van der Waals surface area contributed by atoms with Gasteiger partial charge in [-0.1, -0.05) is 27.5 Å². The normalized spacial score (nSPS) is 10.6. The first-order chi connectivity index (χ1) is 8.90. The summed E-state index contributed by atoms with van der Waals surface area (Å²) in [5, 5.41) is 0.379. The average Bonchev–Trinajstić information content (AvgIpc) is 2.36. The molecule has 0 saturated heterocycles. The van der Waals surface area contributed by atoms with Crippen LogP contribution < -0.4 is 0 Å². The van der Waals surface area contributed by atoms with E-state index in [4.69, 9.17) is 11.6 Å². The topological polar surface area (TPSA) is 17.1 Å². The van der Waals surface area contributed by atoms with Crippen LogP contribution in [0.3, 0.4) is 0 Å². The van der Waals surface area contributed by atoms with Crippen LogP contribution >= 0.6 is 27.5 Å². The van der Waals surface area contributed by atoms with E-state index in [1.54, 1.807) is 12.1 Å². The molecule has 0 fully saturated rings. The summed E-state index contributed by atoms with van der Waals surface area (Å²) in [5.41, 5.74) is 2.64. The molecule has 2 aromatic rings. The highest BCUT2D eigenvalue weighted by Gasteiger charge is 2.17. The van der Waals surface area contributed by atoms with Crippen LogP contribution in [0.15, 0.2) is 34.8 Å². The van der Waals surface area contributed by atoms with Gasteiger partial charge in [0.1, 0.15) is 5.82 Å². The summed E-state index contributed by atoms with van der Waals surface area (Å²) in [6.45, 7) is 3.83. The molecule has 0 radical (unpaired) electrons. The number of carbonyl (C=O) groups is 1. The van der Waals surface area contributed by atoms with Crippen molar-refractivity contribution in [3.05, 3.63) is 67.9 Å². The van der Waals surface area contributed by atoms with Crippen molar-refractivity contribution >= 4 is 33.3 Å². The first kappa shape index (κ1) is 14.2. The molecule has 0 aliphatic rings. The number of hydrogen-bond acceptors (Lipinski definition) is 1. The zero-order valence-corrected chi connectivity index (χ0v) is 12.8. The third-order valence-electron chi connectivity index (χ3n) is 3.00. The summed E-state index contributed by atoms with van der Waals surface area (Å²) in [6.07, 6.45) is 0. The van der Waals surface area contributed by atoms with Crippen molar-refractivity contribution in [2.75, 3.05) is 0 Å². The van der Waals surface area contributed by atoms with Crippen LogP contribution in [0.1, 0.15) is 27.0 Å². The Morgan fingerprint density at radius 2 is 1.74 bits per heavy atom. The van der Waals surface area contributed by atoms with E-state index < -0.39 is 5.82 Å². The predicted octanol–water partition coefficient (Wildman–Crippen LogP) is 5.09. The number of halogens is 3. The van der Waals surface area contributed by atoms with E-state index in [1.165, 1.54) is 18.2 Å². The fourth-order valence-electron chi connectivity index (χ4n) is 1.77. The van der Waals surface area contributed by atoms with E-state index in [0.717, 1.165) is 11.1 Å². The van der Waals surface area contributed by atoms with E-state index >= 15 is 0 Å². The molecule has 2 aromatic carbocycles. The van der Waals surface area contributed by atoms with Gasteiger partial charge in [0.15, 0.2) is 5.78 Å². The summed E-state index contributed by atoms with van der Waals surface area (Å²) in [5.74, 6) is -0.744. The predicted molar refractivity (Wildman–Crippen MR) is 78.5 cm³/mol. The average molecular weight is 342 g/mol. The van der Waals surface area contributed by atoms with Gasteiger partial charge in [0.25, 0.3) is 0 Å². The molecule has 0 saturated carbocycles. The maximum absolute atomic E-state index is 13.3. The molecule has 1 nitrogen and oxygen atoms in total. The molecule has 0 amide bonds. The molecule has 0 heterocycles. The molecule has 0 bridgehead atoms. The van der Waals surface area contributed by atoms with Gasteiger partial charge in [-0.15, -0.1) is 0 Å². The molecule has 4 heteroatoms. The first-order valence-electron chi connectivity index (χ1n) is 5.66. The molecule has 0 aliphatic heterocycles. The van der Waals surface area contributed by atoms with Gasteiger partial charge in [-0.05, 0) is 55.3 Å². The molecular weight excluding hydrogens is 331 g/mol. The van der Waals surface area contributed by atoms with Crippen molar-refractivity contribution in [2.45, 2.75) is 13.8 Å². The van der Waals surface area contributed by atoms with Crippen LogP contribution in [0, 0.1) is 19.7 Å². The second-order valence-corrected chi connectivity index (χ2v) is 5.63. The summed E-state index contributed by atoms with van der Waals surface area (Å²) in [7, 11) is 0. The third-order valence-corrected chi connectivity index (χ3v) is 4.01. The first-order valence-corrected chi connectivity index (χ1v) is 6.83. The monoisotopic (exact) mass is 340 g/mol. The third kappa shape index (κ3) is 2.88. The van der Waals surface area contributed by atoms with Crippen LogP contribution in [0.5, 0.6) is 0 Å². The molecule has 0 unspecified atom stereocenters. The SMILES string of the molecule is Cc1cc(Cl)c(C(=O)c2cc(F)ccc2Br)cc1C. The van der Waals surface area contributed by atoms with Crippen LogP contribution in [0.25, 0.3) is 0 Å². The summed E-state index contributed by atoms with van der Waals surface area (Å²) in [4.78, 5) is 12.4. The maximum Gasteiger partial charge on any atom is 0.195 e. The number of carbonyl (C=O) groups excluding carboxylic acids is 1. The Morgan fingerprint density at radius 1 is 1.11 bits per heavy atom. The van der Waals surface area contributed by atoms with Gasteiger partial charge in [-0.25, -0.2) is 4.39 Å². The number of benzene rings is 2. The second-order valence-electron chi connectivity index (χ2n) is 4.37.